The van der Waals surface area contributed by atoms with Crippen LogP contribution in [0.3, 0.4) is 0 Å². The number of carbonyl (C=O) groups excluding carboxylic acids is 1. The molecule has 2 aromatic heterocycles. The van der Waals surface area contributed by atoms with Gasteiger partial charge in [-0.2, -0.15) is 5.10 Å². The number of hydrogen-bond acceptors (Lipinski definition) is 4. The van der Waals surface area contributed by atoms with Gasteiger partial charge in [0.2, 0.25) is 5.91 Å². The fourth-order valence-electron chi connectivity index (χ4n) is 2.37. The monoisotopic (exact) mass is 336 g/mol. The Balaban J connectivity index is 1.87. The van der Waals surface area contributed by atoms with Crippen molar-refractivity contribution in [1.82, 2.24) is 20.1 Å². The zero-order valence-electron chi connectivity index (χ0n) is 13.3. The maximum atomic E-state index is 12.1. The predicted octanol–water partition coefficient (Wildman–Crippen LogP) is 1.29. The Morgan fingerprint density at radius 3 is 2.83 bits per heavy atom. The van der Waals surface area contributed by atoms with Crippen LogP contribution in [0, 0.1) is 12.8 Å². The van der Waals surface area contributed by atoms with E-state index < -0.39 is 0 Å². The molecule has 1 unspecified atom stereocenters. The number of amides is 1. The summed E-state index contributed by atoms with van der Waals surface area (Å²) >= 11 is 6.13. The minimum Gasteiger partial charge on any atom is -0.396 e. The molecule has 2 rings (SSSR count). The molecule has 2 N–H and O–H groups in total. The van der Waals surface area contributed by atoms with Crippen LogP contribution in [0.15, 0.2) is 24.4 Å². The van der Waals surface area contributed by atoms with Crippen LogP contribution in [0.2, 0.25) is 5.15 Å². The zero-order valence-corrected chi connectivity index (χ0v) is 14.0. The molecular weight excluding hydrogens is 316 g/mol. The summed E-state index contributed by atoms with van der Waals surface area (Å²) in [6.45, 7) is 2.21. The van der Waals surface area contributed by atoms with Gasteiger partial charge < -0.3 is 10.4 Å². The lowest BCUT2D eigenvalue weighted by molar-refractivity contribution is -0.120. The van der Waals surface area contributed by atoms with Gasteiger partial charge in [0.25, 0.3) is 0 Å². The maximum Gasteiger partial charge on any atom is 0.224 e. The van der Waals surface area contributed by atoms with Crippen molar-refractivity contribution in [2.24, 2.45) is 13.0 Å². The summed E-state index contributed by atoms with van der Waals surface area (Å²) in [6.07, 6.45) is 2.51. The quantitative estimate of drug-likeness (QED) is 0.798. The number of pyridine rings is 1. The third kappa shape index (κ3) is 4.77. The van der Waals surface area contributed by atoms with E-state index in [2.05, 4.69) is 15.4 Å². The van der Waals surface area contributed by atoms with E-state index >= 15 is 0 Å². The van der Waals surface area contributed by atoms with Crippen LogP contribution in [0.5, 0.6) is 0 Å². The number of aliphatic hydroxyl groups excluding tert-OH is 1. The van der Waals surface area contributed by atoms with Crippen LogP contribution in [0.4, 0.5) is 0 Å². The average molecular weight is 337 g/mol. The van der Waals surface area contributed by atoms with Gasteiger partial charge in [0.15, 0.2) is 0 Å². The van der Waals surface area contributed by atoms with E-state index in [0.29, 0.717) is 18.1 Å². The molecule has 2 aromatic rings. The lowest BCUT2D eigenvalue weighted by atomic mass is 10.0. The minimum atomic E-state index is -0.137. The normalized spacial score (nSPS) is 12.2. The second kappa shape index (κ2) is 8.08. The number of aromatic nitrogens is 3. The molecule has 0 saturated carbocycles. The molecule has 0 aliphatic heterocycles. The highest BCUT2D eigenvalue weighted by molar-refractivity contribution is 6.30. The molecule has 1 atom stereocenters. The van der Waals surface area contributed by atoms with Crippen LogP contribution >= 0.6 is 11.6 Å². The summed E-state index contributed by atoms with van der Waals surface area (Å²) < 4.78 is 1.55. The van der Waals surface area contributed by atoms with E-state index in [9.17, 15) is 9.90 Å². The number of halogens is 1. The number of nitrogens with one attached hydrogen (secondary N) is 1. The predicted molar refractivity (Wildman–Crippen MR) is 88.2 cm³/mol. The van der Waals surface area contributed by atoms with E-state index in [-0.39, 0.29) is 24.9 Å². The smallest absolute Gasteiger partial charge is 0.224 e. The first-order valence-electron chi connectivity index (χ1n) is 7.46. The molecule has 23 heavy (non-hydrogen) atoms. The minimum absolute atomic E-state index is 0.0104. The molecule has 124 valence electrons. The maximum absolute atomic E-state index is 12.1. The van der Waals surface area contributed by atoms with Crippen LogP contribution in [-0.4, -0.2) is 38.9 Å². The first-order chi connectivity index (χ1) is 11.0. The molecule has 2 heterocycles. The molecule has 6 nitrogen and oxygen atoms in total. The third-order valence-corrected chi connectivity index (χ3v) is 4.15. The van der Waals surface area contributed by atoms with Gasteiger partial charge in [-0.15, -0.1) is 0 Å². The second-order valence-corrected chi connectivity index (χ2v) is 5.89. The van der Waals surface area contributed by atoms with E-state index in [1.807, 2.05) is 25.1 Å². The number of nitrogens with zero attached hydrogens (tertiary/aromatic N) is 3. The number of rotatable bonds is 7. The fraction of sp³-hybridized carbons (Fsp3) is 0.438. The highest BCUT2D eigenvalue weighted by atomic mass is 35.5. The first-order valence-corrected chi connectivity index (χ1v) is 7.84. The summed E-state index contributed by atoms with van der Waals surface area (Å²) in [5.74, 6) is -0.207. The van der Waals surface area contributed by atoms with E-state index in [0.717, 1.165) is 17.0 Å². The fourth-order valence-corrected chi connectivity index (χ4v) is 2.61. The number of hydrogen-bond donors (Lipinski definition) is 2. The van der Waals surface area contributed by atoms with Crippen molar-refractivity contribution in [1.29, 1.82) is 0 Å². The number of aliphatic hydroxyl groups is 1. The van der Waals surface area contributed by atoms with Crippen LogP contribution in [-0.2, 0) is 24.7 Å². The molecule has 0 aromatic carbocycles. The zero-order chi connectivity index (χ0) is 16.8. The Hall–Kier alpha value is -1.92. The lowest BCUT2D eigenvalue weighted by Crippen LogP contribution is -2.33. The molecule has 0 aliphatic rings. The lowest BCUT2D eigenvalue weighted by Gasteiger charge is -2.14. The Labute approximate surface area is 140 Å². The molecule has 0 aliphatic carbocycles. The highest BCUT2D eigenvalue weighted by Gasteiger charge is 2.16. The third-order valence-electron chi connectivity index (χ3n) is 3.68. The largest absolute Gasteiger partial charge is 0.396 e. The van der Waals surface area contributed by atoms with E-state index in [1.165, 1.54) is 0 Å². The van der Waals surface area contributed by atoms with Crippen molar-refractivity contribution >= 4 is 17.5 Å². The molecular formula is C16H21ClN4O2. The highest BCUT2D eigenvalue weighted by Crippen LogP contribution is 2.19. The Morgan fingerprint density at radius 2 is 2.26 bits per heavy atom. The van der Waals surface area contributed by atoms with Crippen molar-refractivity contribution < 1.29 is 9.90 Å². The molecule has 1 amide bonds. The Morgan fingerprint density at radius 1 is 1.48 bits per heavy atom. The number of carbonyl (C=O) groups is 1. The topological polar surface area (TPSA) is 80.0 Å². The van der Waals surface area contributed by atoms with Crippen molar-refractivity contribution in [3.8, 4) is 0 Å². The van der Waals surface area contributed by atoms with Crippen molar-refractivity contribution in [2.45, 2.75) is 19.8 Å². The van der Waals surface area contributed by atoms with Gasteiger partial charge in [-0.1, -0.05) is 17.7 Å². The van der Waals surface area contributed by atoms with Gasteiger partial charge in [0.05, 0.1) is 12.1 Å². The summed E-state index contributed by atoms with van der Waals surface area (Å²) in [7, 11) is 1.74. The average Bonchev–Trinajstić information content (AvgIpc) is 2.78. The standard InChI is InChI=1S/C16H21ClN4O2/c1-11-14(16(17)21(2)20-11)8-15(23)19-9-12(10-22)7-13-5-3-4-6-18-13/h3-6,12,22H,7-10H2,1-2H3,(H,19,23). The van der Waals surface area contributed by atoms with Gasteiger partial charge in [-0.25, -0.2) is 0 Å². The molecule has 0 saturated heterocycles. The van der Waals surface area contributed by atoms with Crippen LogP contribution in [0.1, 0.15) is 17.0 Å². The first kappa shape index (κ1) is 17.4. The van der Waals surface area contributed by atoms with Gasteiger partial charge >= 0.3 is 0 Å². The summed E-state index contributed by atoms with van der Waals surface area (Å²) in [5.41, 5.74) is 2.38. The van der Waals surface area contributed by atoms with Crippen LogP contribution in [0.25, 0.3) is 0 Å². The molecule has 7 heteroatoms. The van der Waals surface area contributed by atoms with E-state index in [1.54, 1.807) is 17.9 Å². The van der Waals surface area contributed by atoms with Gasteiger partial charge in [0, 0.05) is 43.6 Å². The summed E-state index contributed by atoms with van der Waals surface area (Å²) in [6, 6.07) is 5.66. The van der Waals surface area contributed by atoms with Crippen molar-refractivity contribution in [2.75, 3.05) is 13.2 Å². The number of aryl methyl sites for hydroxylation is 2. The van der Waals surface area contributed by atoms with Gasteiger partial charge in [-0.3, -0.25) is 14.5 Å². The Kier molecular flexibility index (Phi) is 6.12. The van der Waals surface area contributed by atoms with Gasteiger partial charge in [0.1, 0.15) is 5.15 Å². The van der Waals surface area contributed by atoms with Crippen molar-refractivity contribution in [3.05, 3.63) is 46.5 Å². The molecule has 0 fully saturated rings. The summed E-state index contributed by atoms with van der Waals surface area (Å²) in [4.78, 5) is 16.3. The summed E-state index contributed by atoms with van der Waals surface area (Å²) in [5, 5.41) is 17.0. The van der Waals surface area contributed by atoms with E-state index in [4.69, 9.17) is 11.6 Å². The molecule has 0 bridgehead atoms. The van der Waals surface area contributed by atoms with Crippen molar-refractivity contribution in [3.63, 3.8) is 0 Å². The second-order valence-electron chi connectivity index (χ2n) is 5.53. The molecule has 0 radical (unpaired) electrons. The van der Waals surface area contributed by atoms with Gasteiger partial charge in [-0.05, 0) is 25.5 Å². The molecule has 0 spiro atoms. The Bertz CT molecular complexity index is 658. The SMILES string of the molecule is Cc1nn(C)c(Cl)c1CC(=O)NCC(CO)Cc1ccccn1. The van der Waals surface area contributed by atoms with Crippen LogP contribution < -0.4 is 5.32 Å².